The van der Waals surface area contributed by atoms with Crippen LogP contribution in [0, 0.1) is 12.3 Å². The molecule has 2 aromatic carbocycles. The van der Waals surface area contributed by atoms with E-state index in [0.717, 1.165) is 85.4 Å². The Morgan fingerprint density at radius 3 is 2.44 bits per heavy atom. The fourth-order valence-corrected chi connectivity index (χ4v) is 7.56. The van der Waals surface area contributed by atoms with Crippen LogP contribution in [0.5, 0.6) is 5.75 Å². The third kappa shape index (κ3) is 6.78. The number of benzene rings is 2. The van der Waals surface area contributed by atoms with E-state index in [2.05, 4.69) is 66.6 Å². The summed E-state index contributed by atoms with van der Waals surface area (Å²) in [6.07, 6.45) is 13.3. The number of likely N-dealkylation sites (N-methyl/N-ethyl adjacent to an activating group) is 1. The van der Waals surface area contributed by atoms with E-state index >= 15 is 0 Å². The largest absolute Gasteiger partial charge is 0.494 e. The highest BCUT2D eigenvalue weighted by atomic mass is 35.5. The van der Waals surface area contributed by atoms with E-state index in [1.165, 1.54) is 0 Å². The van der Waals surface area contributed by atoms with E-state index < -0.39 is 7.92 Å². The first-order chi connectivity index (χ1) is 21.8. The number of piperazine rings is 1. The molecule has 0 atom stereocenters. The molecule has 0 unspecified atom stereocenters. The van der Waals surface area contributed by atoms with Gasteiger partial charge in [-0.3, -0.25) is 14.9 Å². The Hall–Kier alpha value is -3.74. The van der Waals surface area contributed by atoms with Crippen LogP contribution in [0.25, 0.3) is 11.0 Å². The van der Waals surface area contributed by atoms with Crippen molar-refractivity contribution in [3.8, 4) is 18.1 Å². The molecule has 12 heteroatoms. The van der Waals surface area contributed by atoms with Crippen molar-refractivity contribution in [1.29, 1.82) is 0 Å². The van der Waals surface area contributed by atoms with Gasteiger partial charge in [0.1, 0.15) is 10.8 Å². The number of hydrogen-bond donors (Lipinski definition) is 2. The summed E-state index contributed by atoms with van der Waals surface area (Å²) in [4.78, 5) is 25.7. The average Bonchev–Trinajstić information content (AvgIpc) is 3.06. The minimum Gasteiger partial charge on any atom is -0.494 e. The zero-order valence-corrected chi connectivity index (χ0v) is 27.9. The molecule has 2 fully saturated rings. The van der Waals surface area contributed by atoms with Crippen LogP contribution in [0.2, 0.25) is 5.02 Å². The Balaban J connectivity index is 1.22. The van der Waals surface area contributed by atoms with Gasteiger partial charge in [0.2, 0.25) is 5.95 Å². The number of rotatable bonds is 8. The monoisotopic (exact) mass is 643 g/mol. The predicted molar refractivity (Wildman–Crippen MR) is 187 cm³/mol. The van der Waals surface area contributed by atoms with Crippen molar-refractivity contribution in [3.63, 3.8) is 0 Å². The summed E-state index contributed by atoms with van der Waals surface area (Å²) in [6.45, 7) is 10.9. The molecule has 6 rings (SSSR count). The highest BCUT2D eigenvalue weighted by Gasteiger charge is 2.28. The Bertz CT molecular complexity index is 1710. The molecule has 10 nitrogen and oxygen atoms in total. The molecular formula is C33H39ClN9OP. The van der Waals surface area contributed by atoms with Gasteiger partial charge in [-0.15, -0.1) is 6.42 Å². The minimum atomic E-state index is -0.509. The number of hydrogen-bond acceptors (Lipinski definition) is 10. The average molecular weight is 644 g/mol. The lowest BCUT2D eigenvalue weighted by Crippen LogP contribution is -2.52. The fourth-order valence-electron chi connectivity index (χ4n) is 6.21. The van der Waals surface area contributed by atoms with Crippen LogP contribution in [0.3, 0.4) is 0 Å². The minimum absolute atomic E-state index is 0.362. The van der Waals surface area contributed by atoms with Crippen molar-refractivity contribution in [2.24, 2.45) is 0 Å². The van der Waals surface area contributed by atoms with Crippen LogP contribution in [0.1, 0.15) is 18.4 Å². The molecule has 234 valence electrons. The molecule has 0 aliphatic carbocycles. The number of terminal acetylenes is 1. The van der Waals surface area contributed by atoms with Gasteiger partial charge >= 0.3 is 0 Å². The molecule has 0 amide bonds. The van der Waals surface area contributed by atoms with Crippen LogP contribution >= 0.6 is 19.5 Å². The van der Waals surface area contributed by atoms with Gasteiger partial charge in [0.15, 0.2) is 5.82 Å². The third-order valence-corrected chi connectivity index (χ3v) is 10.3. The first-order valence-electron chi connectivity index (χ1n) is 15.2. The molecule has 2 aliphatic rings. The smallest absolute Gasteiger partial charge is 0.229 e. The fraction of sp³-hybridized carbons (Fsp3) is 0.394. The summed E-state index contributed by atoms with van der Waals surface area (Å²) in [5, 5.41) is 8.23. The quantitative estimate of drug-likeness (QED) is 0.199. The van der Waals surface area contributed by atoms with Crippen LogP contribution < -0.4 is 25.6 Å². The van der Waals surface area contributed by atoms with Crippen LogP contribution in [-0.4, -0.2) is 103 Å². The maximum absolute atomic E-state index is 6.58. The van der Waals surface area contributed by atoms with E-state index in [-0.39, 0.29) is 0 Å². The summed E-state index contributed by atoms with van der Waals surface area (Å²) < 4.78 is 5.83. The highest BCUT2D eigenvalue weighted by Crippen LogP contribution is 2.37. The Morgan fingerprint density at radius 1 is 0.978 bits per heavy atom. The van der Waals surface area contributed by atoms with Crippen LogP contribution in [0.4, 0.5) is 28.8 Å². The predicted octanol–water partition coefficient (Wildman–Crippen LogP) is 5.13. The SMILES string of the molecule is C#Cc1cc(Nc2ncc(Cl)c(Nc3ccc4nccnc4c3P(C)C)n2)c(OC)cc1N1CCC(N2CCN(C)CC2)CC1. The van der Waals surface area contributed by atoms with Gasteiger partial charge in [-0.05, 0) is 51.4 Å². The number of methoxy groups -OCH3 is 1. The van der Waals surface area contributed by atoms with E-state index in [4.69, 9.17) is 27.7 Å². The second kappa shape index (κ2) is 13.7. The molecule has 0 saturated carbocycles. The van der Waals surface area contributed by atoms with E-state index in [1.54, 1.807) is 25.7 Å². The normalized spacial score (nSPS) is 16.6. The zero-order valence-electron chi connectivity index (χ0n) is 26.2. The Morgan fingerprint density at radius 2 is 1.73 bits per heavy atom. The number of nitrogens with one attached hydrogen (secondary N) is 2. The molecule has 2 aliphatic heterocycles. The topological polar surface area (TPSA) is 94.6 Å². The number of piperidine rings is 1. The van der Waals surface area contributed by atoms with E-state index in [1.807, 2.05) is 24.3 Å². The summed E-state index contributed by atoms with van der Waals surface area (Å²) >= 11 is 6.58. The molecule has 2 aromatic heterocycles. The van der Waals surface area contributed by atoms with E-state index in [9.17, 15) is 0 Å². The maximum atomic E-state index is 6.58. The Labute approximate surface area is 271 Å². The summed E-state index contributed by atoms with van der Waals surface area (Å²) in [5.74, 6) is 4.40. The number of fused-ring (bicyclic) bond motifs is 1. The lowest BCUT2D eigenvalue weighted by Gasteiger charge is -2.42. The molecule has 0 bridgehead atoms. The standard InChI is InChI=1S/C33H39ClN9OP/c1-6-22-19-27(29(44-3)20-28(22)43-13-9-23(10-14-43)42-17-15-41(2)16-18-42)39-33-37-21-24(34)32(40-33)38-26-8-7-25-30(31(26)45(4)5)36-12-11-35-25/h1,7-8,11-12,19-21,23H,9-10,13-18H2,2-5H3,(H2,37,38,39,40). The zero-order chi connectivity index (χ0) is 31.5. The highest BCUT2D eigenvalue weighted by molar-refractivity contribution is 7.65. The van der Waals surface area contributed by atoms with E-state index in [0.29, 0.717) is 34.3 Å². The lowest BCUT2D eigenvalue weighted by atomic mass is 10.00. The first-order valence-corrected chi connectivity index (χ1v) is 17.8. The first kappa shape index (κ1) is 31.3. The molecule has 0 radical (unpaired) electrons. The maximum Gasteiger partial charge on any atom is 0.229 e. The summed E-state index contributed by atoms with van der Waals surface area (Å²) in [5.41, 5.74) is 5.10. The molecular weight excluding hydrogens is 605 g/mol. The van der Waals surface area contributed by atoms with Gasteiger partial charge in [-0.2, -0.15) is 4.98 Å². The van der Waals surface area contributed by atoms with Crippen molar-refractivity contribution >= 4 is 64.7 Å². The van der Waals surface area contributed by atoms with Crippen molar-refractivity contribution in [3.05, 3.63) is 53.4 Å². The Kier molecular flexibility index (Phi) is 9.53. The molecule has 2 saturated heterocycles. The van der Waals surface area contributed by atoms with Crippen molar-refractivity contribution in [1.82, 2.24) is 29.7 Å². The van der Waals surface area contributed by atoms with Gasteiger partial charge < -0.3 is 25.2 Å². The van der Waals surface area contributed by atoms with Crippen molar-refractivity contribution in [2.45, 2.75) is 18.9 Å². The second-order valence-electron chi connectivity index (χ2n) is 11.7. The van der Waals surface area contributed by atoms with Gasteiger partial charge in [0.05, 0.1) is 35.7 Å². The molecule has 2 N–H and O–H groups in total. The van der Waals surface area contributed by atoms with Gasteiger partial charge in [-0.25, -0.2) is 4.98 Å². The van der Waals surface area contributed by atoms with Crippen LogP contribution in [0.15, 0.2) is 42.9 Å². The lowest BCUT2D eigenvalue weighted by molar-refractivity contribution is 0.0982. The third-order valence-electron chi connectivity index (χ3n) is 8.64. The van der Waals surface area contributed by atoms with Crippen LogP contribution in [-0.2, 0) is 0 Å². The summed E-state index contributed by atoms with van der Waals surface area (Å²) in [7, 11) is 3.35. The number of aromatic nitrogens is 4. The molecule has 0 spiro atoms. The van der Waals surface area contributed by atoms with Gasteiger partial charge in [0, 0.05) is 80.3 Å². The number of halogens is 1. The number of ether oxygens (including phenoxy) is 1. The molecule has 4 heterocycles. The number of nitrogens with zero attached hydrogens (tertiary/aromatic N) is 7. The van der Waals surface area contributed by atoms with Gasteiger partial charge in [0.25, 0.3) is 0 Å². The van der Waals surface area contributed by atoms with Gasteiger partial charge in [-0.1, -0.05) is 25.4 Å². The van der Waals surface area contributed by atoms with Crippen molar-refractivity contribution < 1.29 is 4.74 Å². The summed E-state index contributed by atoms with van der Waals surface area (Å²) in [6, 6.07) is 8.53. The molecule has 4 aromatic rings. The number of anilines is 5. The second-order valence-corrected chi connectivity index (χ2v) is 14.3. The van der Waals surface area contributed by atoms with Crippen molar-refractivity contribution in [2.75, 3.05) is 82.3 Å². The molecule has 45 heavy (non-hydrogen) atoms.